The quantitative estimate of drug-likeness (QED) is 0.556. The van der Waals surface area contributed by atoms with E-state index in [4.69, 9.17) is 9.47 Å². The van der Waals surface area contributed by atoms with Gasteiger partial charge >= 0.3 is 0 Å². The molecule has 0 unspecified atom stereocenters. The number of piperidine rings is 1. The number of aromatic nitrogens is 1. The first-order valence-corrected chi connectivity index (χ1v) is 14.4. The Morgan fingerprint density at radius 3 is 2.83 bits per heavy atom. The van der Waals surface area contributed by atoms with Gasteiger partial charge in [-0.25, -0.2) is 0 Å². The minimum atomic E-state index is 0.0988. The number of carbonyl (C=O) groups excluding carboxylic acids is 2. The van der Waals surface area contributed by atoms with Crippen molar-refractivity contribution in [3.8, 4) is 5.75 Å². The predicted octanol–water partition coefficient (Wildman–Crippen LogP) is 2.51. The van der Waals surface area contributed by atoms with E-state index in [1.807, 2.05) is 47.2 Å². The molecule has 1 aromatic heterocycles. The van der Waals surface area contributed by atoms with Crippen molar-refractivity contribution in [2.75, 3.05) is 71.0 Å². The summed E-state index contributed by atoms with van der Waals surface area (Å²) >= 11 is 0. The van der Waals surface area contributed by atoms with E-state index in [1.165, 1.54) is 0 Å². The molecule has 0 aliphatic carbocycles. The van der Waals surface area contributed by atoms with Crippen LogP contribution in [0.25, 0.3) is 0 Å². The number of likely N-dealkylation sites (N-methyl/N-ethyl adjacent to an activating group) is 1. The highest BCUT2D eigenvalue weighted by atomic mass is 16.5. The second-order valence-corrected chi connectivity index (χ2v) is 10.9. The maximum Gasteiger partial charge on any atom is 0.236 e. The highest BCUT2D eigenvalue weighted by Crippen LogP contribution is 2.30. The van der Waals surface area contributed by atoms with Gasteiger partial charge in [0.15, 0.2) is 0 Å². The van der Waals surface area contributed by atoms with Crippen LogP contribution in [0.3, 0.4) is 0 Å². The average molecular weight is 548 g/mol. The summed E-state index contributed by atoms with van der Waals surface area (Å²) in [7, 11) is 1.87. The zero-order valence-corrected chi connectivity index (χ0v) is 23.5. The number of rotatable bonds is 6. The average Bonchev–Trinajstić information content (AvgIpc) is 3.00. The molecule has 2 amide bonds. The topological polar surface area (TPSA) is 87.2 Å². The Hall–Kier alpha value is -3.43. The van der Waals surface area contributed by atoms with Crippen LogP contribution in [-0.2, 0) is 27.3 Å². The summed E-state index contributed by atoms with van der Waals surface area (Å²) < 4.78 is 11.7. The van der Waals surface area contributed by atoms with E-state index in [0.717, 1.165) is 61.8 Å². The SMILES string of the molecule is CN(CCc1ccccn1)C(=O)C[C@@H]1CCN2C[C@@H]1/C=C/COc1ccc(N3CCOCC3)cc1CNCC2=O. The van der Waals surface area contributed by atoms with Crippen LogP contribution in [0, 0.1) is 11.8 Å². The molecule has 9 heteroatoms. The molecule has 0 spiro atoms. The number of pyridine rings is 1. The first-order chi connectivity index (χ1) is 19.6. The lowest BCUT2D eigenvalue weighted by molar-refractivity contribution is -0.134. The number of hydrogen-bond acceptors (Lipinski definition) is 7. The van der Waals surface area contributed by atoms with Crippen LogP contribution in [0.15, 0.2) is 54.7 Å². The minimum absolute atomic E-state index is 0.0988. The monoisotopic (exact) mass is 547 g/mol. The first-order valence-electron chi connectivity index (χ1n) is 14.4. The fraction of sp³-hybridized carbons (Fsp3) is 0.516. The van der Waals surface area contributed by atoms with Crippen molar-refractivity contribution >= 4 is 17.5 Å². The zero-order chi connectivity index (χ0) is 27.7. The highest BCUT2D eigenvalue weighted by molar-refractivity contribution is 5.79. The molecule has 2 saturated heterocycles. The normalized spacial score (nSPS) is 22.7. The van der Waals surface area contributed by atoms with E-state index >= 15 is 0 Å². The number of carbonyl (C=O) groups is 2. The Morgan fingerprint density at radius 2 is 2.00 bits per heavy atom. The van der Waals surface area contributed by atoms with Gasteiger partial charge in [0, 0.05) is 82.3 Å². The number of benzene rings is 1. The molecule has 40 heavy (non-hydrogen) atoms. The van der Waals surface area contributed by atoms with Gasteiger partial charge in [-0.1, -0.05) is 18.2 Å². The second-order valence-electron chi connectivity index (χ2n) is 10.9. The lowest BCUT2D eigenvalue weighted by atomic mass is 9.82. The largest absolute Gasteiger partial charge is 0.489 e. The zero-order valence-electron chi connectivity index (χ0n) is 23.5. The van der Waals surface area contributed by atoms with E-state index < -0.39 is 0 Å². The summed E-state index contributed by atoms with van der Waals surface area (Å²) in [6.45, 7) is 6.42. The molecule has 0 radical (unpaired) electrons. The van der Waals surface area contributed by atoms with Crippen LogP contribution in [-0.4, -0.2) is 92.7 Å². The van der Waals surface area contributed by atoms with E-state index in [2.05, 4.69) is 33.4 Å². The number of hydrogen-bond donors (Lipinski definition) is 1. The number of morpholine rings is 1. The van der Waals surface area contributed by atoms with Gasteiger partial charge in [0.25, 0.3) is 0 Å². The third-order valence-electron chi connectivity index (χ3n) is 8.18. The number of ether oxygens (including phenoxy) is 2. The van der Waals surface area contributed by atoms with Crippen LogP contribution in [0.2, 0.25) is 0 Å². The standard InChI is InChI=1S/C31H41N5O4/c1-34(12-10-27-6-2-3-11-33-27)30(37)20-24-9-13-36-23-25(24)5-4-16-40-29-8-7-28(35-14-17-39-18-15-35)19-26(29)21-32-22-31(36)38/h2-8,11,19,24-25,32H,9-10,12-18,20-23H2,1H3/b5-4+/t24-,25-/m0/s1. The lowest BCUT2D eigenvalue weighted by Crippen LogP contribution is -2.47. The summed E-state index contributed by atoms with van der Waals surface area (Å²) in [5.41, 5.74) is 3.18. The molecule has 9 nitrogen and oxygen atoms in total. The van der Waals surface area contributed by atoms with Gasteiger partial charge in [-0.2, -0.15) is 0 Å². The summed E-state index contributed by atoms with van der Waals surface area (Å²) in [6, 6.07) is 12.1. The molecule has 2 atom stereocenters. The number of anilines is 1. The number of nitrogens with one attached hydrogen (secondary N) is 1. The summed E-state index contributed by atoms with van der Waals surface area (Å²) in [6.07, 6.45) is 8.00. The molecule has 1 N–H and O–H groups in total. The lowest BCUT2D eigenvalue weighted by Gasteiger charge is -2.37. The molecule has 2 aromatic rings. The van der Waals surface area contributed by atoms with Crippen LogP contribution >= 0.6 is 0 Å². The fourth-order valence-corrected chi connectivity index (χ4v) is 5.71. The summed E-state index contributed by atoms with van der Waals surface area (Å²) in [5, 5.41) is 3.35. The minimum Gasteiger partial charge on any atom is -0.489 e. The highest BCUT2D eigenvalue weighted by Gasteiger charge is 2.32. The molecule has 1 aromatic carbocycles. The van der Waals surface area contributed by atoms with E-state index in [0.29, 0.717) is 39.2 Å². The van der Waals surface area contributed by atoms with Crippen LogP contribution in [0.4, 0.5) is 5.69 Å². The van der Waals surface area contributed by atoms with Crippen molar-refractivity contribution in [1.29, 1.82) is 0 Å². The van der Waals surface area contributed by atoms with E-state index in [9.17, 15) is 9.59 Å². The van der Waals surface area contributed by atoms with Crippen LogP contribution in [0.1, 0.15) is 24.1 Å². The molecule has 0 saturated carbocycles. The van der Waals surface area contributed by atoms with Gasteiger partial charge in [-0.3, -0.25) is 14.6 Å². The van der Waals surface area contributed by atoms with Crippen molar-refractivity contribution in [2.45, 2.75) is 25.8 Å². The summed E-state index contributed by atoms with van der Waals surface area (Å²) in [5.74, 6) is 1.36. The Morgan fingerprint density at radius 1 is 1.12 bits per heavy atom. The first kappa shape index (κ1) is 28.1. The van der Waals surface area contributed by atoms with Crippen LogP contribution in [0.5, 0.6) is 5.75 Å². The third-order valence-corrected chi connectivity index (χ3v) is 8.18. The summed E-state index contributed by atoms with van der Waals surface area (Å²) in [4.78, 5) is 36.7. The molecule has 214 valence electrons. The smallest absolute Gasteiger partial charge is 0.236 e. The van der Waals surface area contributed by atoms with E-state index in [-0.39, 0.29) is 30.2 Å². The third kappa shape index (κ3) is 7.40. The fourth-order valence-electron chi connectivity index (χ4n) is 5.71. The Kier molecular flexibility index (Phi) is 9.67. The van der Waals surface area contributed by atoms with Crippen LogP contribution < -0.4 is 15.0 Å². The van der Waals surface area contributed by atoms with Gasteiger partial charge in [0.2, 0.25) is 11.8 Å². The van der Waals surface area contributed by atoms with Gasteiger partial charge in [0.1, 0.15) is 12.4 Å². The van der Waals surface area contributed by atoms with Gasteiger partial charge in [-0.15, -0.1) is 0 Å². The van der Waals surface area contributed by atoms with Crippen molar-refractivity contribution in [3.05, 3.63) is 66.0 Å². The van der Waals surface area contributed by atoms with E-state index in [1.54, 1.807) is 6.20 Å². The molecular weight excluding hydrogens is 506 g/mol. The van der Waals surface area contributed by atoms with Crippen molar-refractivity contribution in [1.82, 2.24) is 20.1 Å². The maximum atomic E-state index is 13.1. The Balaban J connectivity index is 1.23. The number of amides is 2. The number of nitrogens with zero attached hydrogens (tertiary/aromatic N) is 4. The molecule has 4 heterocycles. The maximum absolute atomic E-state index is 13.1. The molecular formula is C31H41N5O4. The van der Waals surface area contributed by atoms with Crippen molar-refractivity contribution in [2.24, 2.45) is 11.8 Å². The van der Waals surface area contributed by atoms with Gasteiger partial charge < -0.3 is 29.5 Å². The second kappa shape index (κ2) is 13.8. The Bertz CT molecular complexity index is 1170. The van der Waals surface area contributed by atoms with Crippen molar-refractivity contribution < 1.29 is 19.1 Å². The van der Waals surface area contributed by atoms with Crippen molar-refractivity contribution in [3.63, 3.8) is 0 Å². The molecule has 5 rings (SSSR count). The van der Waals surface area contributed by atoms with Gasteiger partial charge in [0.05, 0.1) is 19.8 Å². The molecule has 3 aliphatic rings. The molecule has 2 bridgehead atoms. The molecule has 2 fully saturated rings. The predicted molar refractivity (Wildman–Crippen MR) is 154 cm³/mol. The Labute approximate surface area is 237 Å². The number of fused-ring (bicyclic) bond motifs is 3. The molecule has 3 aliphatic heterocycles. The van der Waals surface area contributed by atoms with Gasteiger partial charge in [-0.05, 0) is 48.6 Å².